The van der Waals surface area contributed by atoms with Crippen molar-refractivity contribution in [1.29, 1.82) is 0 Å². The van der Waals surface area contributed by atoms with E-state index in [0.717, 1.165) is 0 Å². The van der Waals surface area contributed by atoms with Crippen LogP contribution in [0.1, 0.15) is 0 Å². The maximum atomic E-state index is 4.61. The lowest BCUT2D eigenvalue weighted by molar-refractivity contribution is 0.357. The molecule has 0 aliphatic heterocycles. The third-order valence-electron chi connectivity index (χ3n) is 0.312. The van der Waals surface area contributed by atoms with Crippen molar-refractivity contribution in [2.75, 3.05) is 14.2 Å². The highest BCUT2D eigenvalue weighted by Crippen LogP contribution is 2.40. The fourth-order valence-electron chi connectivity index (χ4n) is 0.0745. The van der Waals surface area contributed by atoms with Crippen molar-refractivity contribution in [2.24, 2.45) is 0 Å². The van der Waals surface area contributed by atoms with Gasteiger partial charge in [-0.3, -0.25) is 0 Å². The second-order valence-corrected chi connectivity index (χ2v) is 2.79. The van der Waals surface area contributed by atoms with Gasteiger partial charge >= 0.3 is 0 Å². The van der Waals surface area contributed by atoms with Crippen LogP contribution in [0.3, 0.4) is 0 Å². The van der Waals surface area contributed by atoms with Gasteiger partial charge in [0, 0.05) is 14.2 Å². The van der Waals surface area contributed by atoms with Gasteiger partial charge in [-0.15, -0.1) is 0 Å². The highest BCUT2D eigenvalue weighted by molar-refractivity contribution is 8.41. The van der Waals surface area contributed by atoms with Gasteiger partial charge in [0.05, 0.1) is 0 Å². The highest BCUT2D eigenvalue weighted by atomic mass is 32.7. The van der Waals surface area contributed by atoms with E-state index in [-0.39, 0.29) is 0 Å². The summed E-state index contributed by atoms with van der Waals surface area (Å²) in [5, 5.41) is 0. The number of hydrogen-bond acceptors (Lipinski definition) is 3. The summed E-state index contributed by atoms with van der Waals surface area (Å²) in [5.74, 6) is 0. The van der Waals surface area contributed by atoms with Crippen LogP contribution in [0.15, 0.2) is 0 Å². The average Bonchev–Trinajstić information content (AvgIpc) is 1.65. The zero-order chi connectivity index (χ0) is 4.99. The first-order chi connectivity index (χ1) is 2.81. The molecule has 0 aromatic carbocycles. The van der Waals surface area contributed by atoms with Crippen LogP contribution in [0.25, 0.3) is 0 Å². The second-order valence-electron chi connectivity index (χ2n) is 0.603. The summed E-state index contributed by atoms with van der Waals surface area (Å²) in [4.78, 5) is 0. The zero-order valence-corrected chi connectivity index (χ0v) is 5.50. The monoisotopic (exact) mass is 126 g/mol. The molecule has 4 heteroatoms. The molecule has 0 saturated heterocycles. The fourth-order valence-corrected chi connectivity index (χ4v) is 0.224. The molecule has 0 rings (SSSR count). The molecule has 0 spiro atoms. The Morgan fingerprint density at radius 3 is 1.67 bits per heavy atom. The lowest BCUT2D eigenvalue weighted by atomic mass is 11.8. The minimum absolute atomic E-state index is 0.882. The highest BCUT2D eigenvalue weighted by Gasteiger charge is 1.91. The van der Waals surface area contributed by atoms with Crippen molar-refractivity contribution in [1.82, 2.24) is 0 Å². The van der Waals surface area contributed by atoms with Crippen LogP contribution in [-0.4, -0.2) is 14.2 Å². The zero-order valence-electron chi connectivity index (χ0n) is 3.71. The van der Waals surface area contributed by atoms with Gasteiger partial charge in [0.1, 0.15) is 0 Å². The summed E-state index contributed by atoms with van der Waals surface area (Å²) in [5.41, 5.74) is 0. The van der Waals surface area contributed by atoms with Gasteiger partial charge in [-0.2, -0.15) is 0 Å². The van der Waals surface area contributed by atoms with Gasteiger partial charge in [0.15, 0.2) is 0 Å². The molecular formula is C2H7O2PS. The summed E-state index contributed by atoms with van der Waals surface area (Å²) < 4.78 is 9.21. The Labute approximate surface area is 43.9 Å². The number of hydrogen-bond donors (Lipinski definition) is 1. The third kappa shape index (κ3) is 2.91. The first kappa shape index (κ1) is 6.70. The summed E-state index contributed by atoms with van der Waals surface area (Å²) in [6.45, 7) is 0. The lowest BCUT2D eigenvalue weighted by Crippen LogP contribution is -1.69. The molecule has 6 heavy (non-hydrogen) atoms. The van der Waals surface area contributed by atoms with E-state index in [9.17, 15) is 0 Å². The smallest absolute Gasteiger partial charge is 0.234 e. The topological polar surface area (TPSA) is 18.5 Å². The van der Waals surface area contributed by atoms with E-state index < -0.39 is 7.58 Å². The van der Waals surface area contributed by atoms with Crippen LogP contribution in [0.2, 0.25) is 0 Å². The van der Waals surface area contributed by atoms with Crippen LogP contribution in [0.4, 0.5) is 0 Å². The van der Waals surface area contributed by atoms with Gasteiger partial charge < -0.3 is 9.05 Å². The van der Waals surface area contributed by atoms with Crippen molar-refractivity contribution in [3.8, 4) is 0 Å². The van der Waals surface area contributed by atoms with E-state index in [4.69, 9.17) is 0 Å². The molecule has 0 heterocycles. The predicted molar refractivity (Wildman–Crippen MR) is 29.9 cm³/mol. The molecule has 0 aliphatic rings. The Morgan fingerprint density at radius 1 is 1.33 bits per heavy atom. The van der Waals surface area contributed by atoms with E-state index >= 15 is 0 Å². The van der Waals surface area contributed by atoms with Crippen LogP contribution < -0.4 is 0 Å². The molecule has 0 aromatic heterocycles. The van der Waals surface area contributed by atoms with Gasteiger partial charge in [-0.05, 0) is 0 Å². The minimum Gasteiger partial charge on any atom is -0.330 e. The molecule has 38 valence electrons. The molecule has 0 unspecified atom stereocenters. The molecule has 0 bridgehead atoms. The van der Waals surface area contributed by atoms with Crippen LogP contribution >= 0.6 is 19.8 Å². The van der Waals surface area contributed by atoms with Gasteiger partial charge in [0.25, 0.3) is 0 Å². The van der Waals surface area contributed by atoms with Gasteiger partial charge in [0.2, 0.25) is 7.58 Å². The summed E-state index contributed by atoms with van der Waals surface area (Å²) >= 11 is 3.85. The SMILES string of the molecule is COP(S)OC. The first-order valence-electron chi connectivity index (χ1n) is 1.38. The van der Waals surface area contributed by atoms with Crippen LogP contribution in [-0.2, 0) is 9.05 Å². The standard InChI is InChI=1S/C2H7O2PS/c1-3-5(6)4-2/h6H,1-2H3. The Morgan fingerprint density at radius 2 is 1.67 bits per heavy atom. The molecular weight excluding hydrogens is 119 g/mol. The predicted octanol–water partition coefficient (Wildman–Crippen LogP) is 1.44. The Kier molecular flexibility index (Phi) is 4.33. The summed E-state index contributed by atoms with van der Waals surface area (Å²) in [6.07, 6.45) is 0. The molecule has 0 radical (unpaired) electrons. The maximum absolute atomic E-state index is 4.61. The number of rotatable bonds is 2. The maximum Gasteiger partial charge on any atom is 0.234 e. The van der Waals surface area contributed by atoms with Gasteiger partial charge in [-0.1, -0.05) is 12.2 Å². The first-order valence-corrected chi connectivity index (χ1v) is 3.71. The van der Waals surface area contributed by atoms with E-state index in [0.29, 0.717) is 0 Å². The molecule has 0 aromatic rings. The molecule has 0 saturated carbocycles. The lowest BCUT2D eigenvalue weighted by Gasteiger charge is -1.99. The quantitative estimate of drug-likeness (QED) is 0.445. The Bertz CT molecular complexity index is 30.7. The van der Waals surface area contributed by atoms with E-state index in [2.05, 4.69) is 21.3 Å². The van der Waals surface area contributed by atoms with Crippen molar-refractivity contribution < 1.29 is 9.05 Å². The minimum atomic E-state index is -0.882. The van der Waals surface area contributed by atoms with Gasteiger partial charge in [-0.25, -0.2) is 0 Å². The molecule has 0 fully saturated rings. The van der Waals surface area contributed by atoms with Crippen molar-refractivity contribution >= 4 is 19.8 Å². The summed E-state index contributed by atoms with van der Waals surface area (Å²) in [7, 11) is 2.23. The van der Waals surface area contributed by atoms with Crippen LogP contribution in [0.5, 0.6) is 0 Å². The van der Waals surface area contributed by atoms with E-state index in [1.54, 1.807) is 14.2 Å². The average molecular weight is 126 g/mol. The second kappa shape index (κ2) is 3.88. The van der Waals surface area contributed by atoms with Crippen molar-refractivity contribution in [3.05, 3.63) is 0 Å². The van der Waals surface area contributed by atoms with Crippen molar-refractivity contribution in [3.63, 3.8) is 0 Å². The third-order valence-corrected chi connectivity index (χ3v) is 1.92. The van der Waals surface area contributed by atoms with E-state index in [1.165, 1.54) is 0 Å². The molecule has 0 N–H and O–H groups in total. The normalized spacial score (nSPS) is 10.0. The molecule has 0 aliphatic carbocycles. The molecule has 0 amide bonds. The number of thiol groups is 1. The van der Waals surface area contributed by atoms with Crippen LogP contribution in [0, 0.1) is 0 Å². The fraction of sp³-hybridized carbons (Fsp3) is 1.00. The van der Waals surface area contributed by atoms with Crippen molar-refractivity contribution in [2.45, 2.75) is 0 Å². The molecule has 0 atom stereocenters. The largest absolute Gasteiger partial charge is 0.330 e. The Balaban J connectivity index is 2.75. The van der Waals surface area contributed by atoms with E-state index in [1.807, 2.05) is 0 Å². The molecule has 2 nitrogen and oxygen atoms in total. The Hall–Kier alpha value is 0.700. The summed E-state index contributed by atoms with van der Waals surface area (Å²) in [6, 6.07) is 0.